The van der Waals surface area contributed by atoms with Crippen LogP contribution in [0.3, 0.4) is 0 Å². The van der Waals surface area contributed by atoms with Crippen LogP contribution in [0.5, 0.6) is 0 Å². The fourth-order valence-corrected chi connectivity index (χ4v) is 2.06. The molecular weight excluding hydrogens is 182 g/mol. The molecule has 0 radical (unpaired) electrons. The highest BCUT2D eigenvalue weighted by Crippen LogP contribution is 2.22. The highest BCUT2D eigenvalue weighted by Gasteiger charge is 2.14. The lowest BCUT2D eigenvalue weighted by atomic mass is 10.0. The van der Waals surface area contributed by atoms with Gasteiger partial charge in [0.05, 0.1) is 0 Å². The lowest BCUT2D eigenvalue weighted by molar-refractivity contribution is 0.464. The third-order valence-corrected chi connectivity index (χ3v) is 3.05. The van der Waals surface area contributed by atoms with Gasteiger partial charge in [0.25, 0.3) is 0 Å². The van der Waals surface area contributed by atoms with Gasteiger partial charge in [-0.25, -0.2) is 0 Å². The minimum atomic E-state index is 0.720. The van der Waals surface area contributed by atoms with Crippen LogP contribution in [0.15, 0.2) is 11.6 Å². The van der Waals surface area contributed by atoms with Crippen molar-refractivity contribution in [3.05, 3.63) is 11.6 Å². The molecule has 1 aliphatic rings. The third kappa shape index (κ3) is 4.68. The fourth-order valence-electron chi connectivity index (χ4n) is 1.97. The zero-order chi connectivity index (χ0) is 9.52. The summed E-state index contributed by atoms with van der Waals surface area (Å²) < 4.78 is 0. The number of nitrogens with one attached hydrogen (secondary N) is 1. The Hall–Kier alpha value is -0.0100. The monoisotopic (exact) mass is 201 g/mol. The lowest BCUT2D eigenvalue weighted by Gasteiger charge is -2.14. The van der Waals surface area contributed by atoms with Gasteiger partial charge in [0.2, 0.25) is 0 Å². The fraction of sp³-hybridized carbons (Fsp3) is 0.818. The van der Waals surface area contributed by atoms with Crippen molar-refractivity contribution in [2.45, 2.75) is 45.1 Å². The molecule has 0 amide bonds. The van der Waals surface area contributed by atoms with Crippen molar-refractivity contribution < 1.29 is 0 Å². The molecule has 1 rings (SSSR count). The summed E-state index contributed by atoms with van der Waals surface area (Å²) in [5, 5.41) is 3.51. The van der Waals surface area contributed by atoms with Gasteiger partial charge >= 0.3 is 0 Å². The Morgan fingerprint density at radius 2 is 2.15 bits per heavy atom. The van der Waals surface area contributed by atoms with Crippen LogP contribution in [-0.4, -0.2) is 12.6 Å². The summed E-state index contributed by atoms with van der Waals surface area (Å²) in [5.41, 5.74) is 1.59. The number of rotatable bonds is 3. The molecule has 0 aromatic carbocycles. The first-order valence-corrected chi connectivity index (χ1v) is 5.75. The normalized spacial score (nSPS) is 30.6. The molecular formula is C11H20ClN. The van der Waals surface area contributed by atoms with E-state index in [1.165, 1.54) is 32.1 Å². The van der Waals surface area contributed by atoms with Gasteiger partial charge in [-0.3, -0.25) is 0 Å². The van der Waals surface area contributed by atoms with Crippen LogP contribution in [0.2, 0.25) is 0 Å². The maximum atomic E-state index is 5.45. The highest BCUT2D eigenvalue weighted by molar-refractivity contribution is 6.25. The largest absolute Gasteiger partial charge is 0.310 e. The molecule has 1 nitrogen and oxygen atoms in total. The first kappa shape index (κ1) is 11.1. The van der Waals surface area contributed by atoms with E-state index >= 15 is 0 Å². The summed E-state index contributed by atoms with van der Waals surface area (Å²) in [6.45, 7) is 3.28. The van der Waals surface area contributed by atoms with E-state index in [0.29, 0.717) is 0 Å². The zero-order valence-corrected chi connectivity index (χ0v) is 9.19. The number of halogens is 1. The molecule has 0 bridgehead atoms. The van der Waals surface area contributed by atoms with Crippen molar-refractivity contribution in [2.75, 3.05) is 6.54 Å². The number of hydrogen-bond donors (Lipinski definition) is 1. The van der Waals surface area contributed by atoms with E-state index < -0.39 is 0 Å². The molecule has 2 atom stereocenters. The van der Waals surface area contributed by atoms with E-state index in [1.54, 1.807) is 5.54 Å². The van der Waals surface area contributed by atoms with E-state index in [0.717, 1.165) is 18.5 Å². The number of hydrogen-bond acceptors (Lipinski definition) is 1. The van der Waals surface area contributed by atoms with E-state index in [2.05, 4.69) is 12.2 Å². The summed E-state index contributed by atoms with van der Waals surface area (Å²) >= 11 is 5.45. The molecule has 0 aromatic heterocycles. The Labute approximate surface area is 86.5 Å². The van der Waals surface area contributed by atoms with E-state index in [-0.39, 0.29) is 0 Å². The Morgan fingerprint density at radius 3 is 2.92 bits per heavy atom. The van der Waals surface area contributed by atoms with Crippen LogP contribution >= 0.6 is 11.6 Å². The van der Waals surface area contributed by atoms with Gasteiger partial charge in [0.1, 0.15) is 0 Å². The van der Waals surface area contributed by atoms with Crippen LogP contribution in [-0.2, 0) is 0 Å². The minimum Gasteiger partial charge on any atom is -0.310 e. The standard InChI is InChI=1S/C11H20ClN/c1-10-4-2-5-11(7-6-10)13-9-3-8-12/h3,8,10-11,13H,2,4-7,9H2,1H3/b8-3+. The molecule has 1 saturated carbocycles. The summed E-state index contributed by atoms with van der Waals surface area (Å²) in [6, 6.07) is 0.720. The van der Waals surface area contributed by atoms with E-state index in [9.17, 15) is 0 Å². The highest BCUT2D eigenvalue weighted by atomic mass is 35.5. The third-order valence-electron chi connectivity index (χ3n) is 2.87. The maximum absolute atomic E-state index is 5.45. The molecule has 2 heteroatoms. The molecule has 1 N–H and O–H groups in total. The van der Waals surface area contributed by atoms with Gasteiger partial charge in [0, 0.05) is 18.1 Å². The van der Waals surface area contributed by atoms with Crippen LogP contribution in [0, 0.1) is 5.92 Å². The van der Waals surface area contributed by atoms with Gasteiger partial charge in [-0.15, -0.1) is 0 Å². The zero-order valence-electron chi connectivity index (χ0n) is 8.43. The Balaban J connectivity index is 2.18. The molecule has 2 unspecified atom stereocenters. The average molecular weight is 202 g/mol. The molecule has 0 heterocycles. The second-order valence-electron chi connectivity index (χ2n) is 4.08. The summed E-state index contributed by atoms with van der Waals surface area (Å²) in [5.74, 6) is 0.926. The SMILES string of the molecule is CC1CCCC(NC/C=C/Cl)CC1. The van der Waals surface area contributed by atoms with Crippen molar-refractivity contribution in [2.24, 2.45) is 5.92 Å². The van der Waals surface area contributed by atoms with Crippen LogP contribution in [0.1, 0.15) is 39.0 Å². The Kier molecular flexibility index (Phi) is 5.49. The predicted molar refractivity (Wildman–Crippen MR) is 59.0 cm³/mol. The predicted octanol–water partition coefficient (Wildman–Crippen LogP) is 3.30. The van der Waals surface area contributed by atoms with Gasteiger partial charge in [0.15, 0.2) is 0 Å². The van der Waals surface area contributed by atoms with Crippen LogP contribution in [0.4, 0.5) is 0 Å². The van der Waals surface area contributed by atoms with E-state index in [1.807, 2.05) is 6.08 Å². The lowest BCUT2D eigenvalue weighted by Crippen LogP contribution is -2.28. The van der Waals surface area contributed by atoms with Gasteiger partial charge < -0.3 is 5.32 Å². The van der Waals surface area contributed by atoms with Crippen molar-refractivity contribution in [1.82, 2.24) is 5.32 Å². The summed E-state index contributed by atoms with van der Waals surface area (Å²) in [7, 11) is 0. The second-order valence-corrected chi connectivity index (χ2v) is 4.33. The van der Waals surface area contributed by atoms with Crippen molar-refractivity contribution >= 4 is 11.6 Å². The first-order valence-electron chi connectivity index (χ1n) is 5.31. The van der Waals surface area contributed by atoms with Gasteiger partial charge in [-0.05, 0) is 25.2 Å². The molecule has 0 spiro atoms. The first-order chi connectivity index (χ1) is 6.33. The maximum Gasteiger partial charge on any atom is 0.0149 e. The molecule has 0 aliphatic heterocycles. The van der Waals surface area contributed by atoms with Crippen molar-refractivity contribution in [3.63, 3.8) is 0 Å². The van der Waals surface area contributed by atoms with Gasteiger partial charge in [-0.1, -0.05) is 37.4 Å². The molecule has 0 saturated heterocycles. The minimum absolute atomic E-state index is 0.720. The Bertz CT molecular complexity index is 156. The molecule has 0 aromatic rings. The van der Waals surface area contributed by atoms with Crippen molar-refractivity contribution in [1.29, 1.82) is 0 Å². The molecule has 1 aliphatic carbocycles. The van der Waals surface area contributed by atoms with Gasteiger partial charge in [-0.2, -0.15) is 0 Å². The van der Waals surface area contributed by atoms with Crippen LogP contribution < -0.4 is 5.32 Å². The Morgan fingerprint density at radius 1 is 1.31 bits per heavy atom. The smallest absolute Gasteiger partial charge is 0.0149 e. The van der Waals surface area contributed by atoms with Crippen molar-refractivity contribution in [3.8, 4) is 0 Å². The summed E-state index contributed by atoms with van der Waals surface area (Å²) in [4.78, 5) is 0. The molecule has 13 heavy (non-hydrogen) atoms. The quantitative estimate of drug-likeness (QED) is 0.691. The van der Waals surface area contributed by atoms with Crippen LogP contribution in [0.25, 0.3) is 0 Å². The summed E-state index contributed by atoms with van der Waals surface area (Å²) in [6.07, 6.45) is 8.79. The average Bonchev–Trinajstić information content (AvgIpc) is 2.32. The second kappa shape index (κ2) is 6.44. The molecule has 1 fully saturated rings. The van der Waals surface area contributed by atoms with E-state index in [4.69, 9.17) is 11.6 Å². The molecule has 76 valence electrons. The topological polar surface area (TPSA) is 12.0 Å².